The minimum absolute atomic E-state index is 0. The summed E-state index contributed by atoms with van der Waals surface area (Å²) in [6.45, 7) is 0.354. The summed E-state index contributed by atoms with van der Waals surface area (Å²) in [6.07, 6.45) is 1.29. The Morgan fingerprint density at radius 2 is 1.94 bits per heavy atom. The van der Waals surface area contributed by atoms with Gasteiger partial charge in [0.25, 0.3) is 5.91 Å². The van der Waals surface area contributed by atoms with Crippen LogP contribution in [0.25, 0.3) is 0 Å². The number of benzene rings is 2. The maximum Gasteiger partial charge on any atom is 0.255 e. The van der Waals surface area contributed by atoms with Crippen molar-refractivity contribution >= 4 is 62.6 Å². The number of amides is 1. The van der Waals surface area contributed by atoms with E-state index in [-0.39, 0.29) is 53.1 Å². The fraction of sp³-hybridized carbons (Fsp3) is 0.381. The summed E-state index contributed by atoms with van der Waals surface area (Å²) in [6, 6.07) is 8.01. The maximum atomic E-state index is 13.4. The van der Waals surface area contributed by atoms with E-state index in [1.807, 2.05) is 0 Å². The quantitative estimate of drug-likeness (QED) is 0.510. The van der Waals surface area contributed by atoms with E-state index >= 15 is 0 Å². The summed E-state index contributed by atoms with van der Waals surface area (Å²) in [7, 11) is -2.41. The van der Waals surface area contributed by atoms with E-state index in [1.165, 1.54) is 40.7 Å². The Hall–Kier alpha value is -1.21. The fourth-order valence-electron chi connectivity index (χ4n) is 3.65. The van der Waals surface area contributed by atoms with Crippen LogP contribution in [0.4, 0.5) is 10.1 Å². The lowest BCUT2D eigenvalue weighted by Crippen LogP contribution is -2.48. The second-order valence-electron chi connectivity index (χ2n) is 7.49. The SMILES string of the molecule is COC1(CCO)CCN(S(=O)(=O)c2cc(C(=O)Nc3ccc(F)c(Br)c3)ccc2Cl)CC1.S. The lowest BCUT2D eigenvalue weighted by Gasteiger charge is -2.40. The number of nitrogens with one attached hydrogen (secondary N) is 1. The molecule has 12 heteroatoms. The first-order valence-electron chi connectivity index (χ1n) is 9.84. The number of hydrogen-bond donors (Lipinski definition) is 2. The Balaban J connectivity index is 0.00000385. The number of halogens is 3. The third-order valence-electron chi connectivity index (χ3n) is 5.62. The molecular weight excluding hydrogens is 559 g/mol. The van der Waals surface area contributed by atoms with Crippen molar-refractivity contribution in [2.24, 2.45) is 0 Å². The molecule has 1 fully saturated rings. The Bertz CT molecular complexity index is 1110. The third kappa shape index (κ3) is 6.27. The number of piperidine rings is 1. The summed E-state index contributed by atoms with van der Waals surface area (Å²) in [5, 5.41) is 11.9. The normalized spacial score (nSPS) is 16.2. The first-order valence-corrected chi connectivity index (χ1v) is 12.4. The minimum atomic E-state index is -3.96. The van der Waals surface area contributed by atoms with Crippen LogP contribution in [0.1, 0.15) is 29.6 Å². The van der Waals surface area contributed by atoms with E-state index in [0.29, 0.717) is 24.9 Å². The van der Waals surface area contributed by atoms with Crippen molar-refractivity contribution in [3.05, 3.63) is 57.3 Å². The molecular formula is C21H25BrClFN2O5S2. The van der Waals surface area contributed by atoms with Crippen LogP contribution in [0.15, 0.2) is 45.8 Å². The number of rotatable bonds is 7. The zero-order chi connectivity index (χ0) is 23.5. The van der Waals surface area contributed by atoms with Gasteiger partial charge in [-0.3, -0.25) is 4.79 Å². The van der Waals surface area contributed by atoms with E-state index in [2.05, 4.69) is 21.2 Å². The molecule has 1 heterocycles. The van der Waals surface area contributed by atoms with Crippen LogP contribution in [0.2, 0.25) is 5.02 Å². The number of methoxy groups -OCH3 is 1. The number of anilines is 1. The minimum Gasteiger partial charge on any atom is -0.396 e. The van der Waals surface area contributed by atoms with Gasteiger partial charge in [-0.25, -0.2) is 12.8 Å². The van der Waals surface area contributed by atoms with Crippen LogP contribution in [0, 0.1) is 5.82 Å². The Labute approximate surface area is 212 Å². The number of hydrogen-bond acceptors (Lipinski definition) is 5. The molecule has 1 aliphatic heterocycles. The smallest absolute Gasteiger partial charge is 0.255 e. The molecule has 7 nitrogen and oxygen atoms in total. The Kier molecular flexibility index (Phi) is 9.75. The van der Waals surface area contributed by atoms with Crippen LogP contribution in [0.3, 0.4) is 0 Å². The lowest BCUT2D eigenvalue weighted by molar-refractivity contribution is -0.0598. The van der Waals surface area contributed by atoms with Gasteiger partial charge in [0.15, 0.2) is 0 Å². The first-order chi connectivity index (χ1) is 15.1. The van der Waals surface area contributed by atoms with Crippen molar-refractivity contribution in [1.82, 2.24) is 4.31 Å². The van der Waals surface area contributed by atoms with Gasteiger partial charge < -0.3 is 15.2 Å². The lowest BCUT2D eigenvalue weighted by atomic mass is 9.89. The topological polar surface area (TPSA) is 95.9 Å². The van der Waals surface area contributed by atoms with Crippen LogP contribution in [-0.4, -0.2) is 56.1 Å². The van der Waals surface area contributed by atoms with Gasteiger partial charge in [0.05, 0.1) is 15.1 Å². The molecule has 2 aromatic rings. The van der Waals surface area contributed by atoms with Gasteiger partial charge in [-0.2, -0.15) is 17.8 Å². The van der Waals surface area contributed by atoms with Gasteiger partial charge in [-0.15, -0.1) is 0 Å². The van der Waals surface area contributed by atoms with E-state index in [4.69, 9.17) is 16.3 Å². The highest BCUT2D eigenvalue weighted by molar-refractivity contribution is 9.10. The number of carbonyl (C=O) groups is 1. The van der Waals surface area contributed by atoms with E-state index < -0.39 is 27.3 Å². The zero-order valence-corrected chi connectivity index (χ0v) is 21.9. The molecule has 0 spiro atoms. The number of carbonyl (C=O) groups excluding carboxylic acids is 1. The molecule has 33 heavy (non-hydrogen) atoms. The summed E-state index contributed by atoms with van der Waals surface area (Å²) >= 11 is 9.25. The molecule has 0 radical (unpaired) electrons. The van der Waals surface area contributed by atoms with E-state index in [9.17, 15) is 22.7 Å². The summed E-state index contributed by atoms with van der Waals surface area (Å²) in [4.78, 5) is 12.5. The van der Waals surface area contributed by atoms with Gasteiger partial charge in [-0.1, -0.05) is 11.6 Å². The molecule has 182 valence electrons. The predicted octanol–water partition coefficient (Wildman–Crippen LogP) is 4.16. The van der Waals surface area contributed by atoms with Gasteiger partial charge in [0, 0.05) is 38.1 Å². The van der Waals surface area contributed by atoms with Gasteiger partial charge in [-0.05, 0) is 71.6 Å². The highest BCUT2D eigenvalue weighted by atomic mass is 79.9. The van der Waals surface area contributed by atoms with Crippen molar-refractivity contribution < 1.29 is 27.4 Å². The molecule has 0 aromatic heterocycles. The Morgan fingerprint density at radius 1 is 1.27 bits per heavy atom. The highest BCUT2D eigenvalue weighted by Gasteiger charge is 2.39. The molecule has 2 aromatic carbocycles. The van der Waals surface area contributed by atoms with Crippen LogP contribution in [0.5, 0.6) is 0 Å². The number of sulfonamides is 1. The van der Waals surface area contributed by atoms with Crippen molar-refractivity contribution in [2.75, 3.05) is 32.1 Å². The van der Waals surface area contributed by atoms with Crippen molar-refractivity contribution in [3.63, 3.8) is 0 Å². The number of nitrogens with zero attached hydrogens (tertiary/aromatic N) is 1. The van der Waals surface area contributed by atoms with Gasteiger partial charge >= 0.3 is 0 Å². The maximum absolute atomic E-state index is 13.4. The summed E-state index contributed by atoms with van der Waals surface area (Å²) in [5.41, 5.74) is -0.120. The summed E-state index contributed by atoms with van der Waals surface area (Å²) < 4.78 is 47.0. The number of ether oxygens (including phenoxy) is 1. The zero-order valence-electron chi connectivity index (χ0n) is 17.8. The molecule has 0 bridgehead atoms. The highest BCUT2D eigenvalue weighted by Crippen LogP contribution is 2.33. The average molecular weight is 584 g/mol. The van der Waals surface area contributed by atoms with Crippen LogP contribution in [-0.2, 0) is 14.8 Å². The molecule has 0 aliphatic carbocycles. The summed E-state index contributed by atoms with van der Waals surface area (Å²) in [5.74, 6) is -1.03. The second-order valence-corrected chi connectivity index (χ2v) is 10.7. The van der Waals surface area contributed by atoms with Crippen molar-refractivity contribution in [1.29, 1.82) is 0 Å². The van der Waals surface area contributed by atoms with Gasteiger partial charge in [0.2, 0.25) is 10.0 Å². The molecule has 0 atom stereocenters. The molecule has 2 N–H and O–H groups in total. The van der Waals surface area contributed by atoms with E-state index in [1.54, 1.807) is 7.11 Å². The fourth-order valence-corrected chi connectivity index (χ4v) is 5.97. The van der Waals surface area contributed by atoms with Crippen LogP contribution < -0.4 is 5.32 Å². The standard InChI is InChI=1S/C21H23BrClFN2O5S.H2S/c1-31-21(8-11-27)6-9-26(10-7-21)32(29,30)19-12-14(2-4-17(19)23)20(28)25-15-3-5-18(24)16(22)13-15;/h2-5,12-13,27H,6-11H2,1H3,(H,25,28);1H2. The molecule has 0 saturated carbocycles. The van der Waals surface area contributed by atoms with Crippen molar-refractivity contribution in [3.8, 4) is 0 Å². The largest absolute Gasteiger partial charge is 0.396 e. The molecule has 1 amide bonds. The average Bonchev–Trinajstić information content (AvgIpc) is 2.77. The van der Waals surface area contributed by atoms with E-state index in [0.717, 1.165) is 0 Å². The number of aliphatic hydroxyl groups is 1. The third-order valence-corrected chi connectivity index (χ3v) is 8.61. The second kappa shape index (κ2) is 11.5. The molecule has 1 saturated heterocycles. The van der Waals surface area contributed by atoms with Crippen LogP contribution >= 0.6 is 41.0 Å². The van der Waals surface area contributed by atoms with Crippen molar-refractivity contribution in [2.45, 2.75) is 29.8 Å². The predicted molar refractivity (Wildman–Crippen MR) is 133 cm³/mol. The van der Waals surface area contributed by atoms with Gasteiger partial charge in [0.1, 0.15) is 10.7 Å². The number of aliphatic hydroxyl groups excluding tert-OH is 1. The monoisotopic (exact) mass is 582 g/mol. The Morgan fingerprint density at radius 3 is 2.52 bits per heavy atom. The molecule has 3 rings (SSSR count). The molecule has 0 unspecified atom stereocenters. The molecule has 1 aliphatic rings. The first kappa shape index (κ1) is 28.0.